The number of H-pyrrole nitrogens is 1. The Bertz CT molecular complexity index is 2510. The van der Waals surface area contributed by atoms with E-state index in [0.717, 1.165) is 29.3 Å². The summed E-state index contributed by atoms with van der Waals surface area (Å²) in [5.74, 6) is -0.899. The first-order valence-electron chi connectivity index (χ1n) is 14.8. The average Bonchev–Trinajstić information content (AvgIpc) is 3.55. The lowest BCUT2D eigenvalue weighted by Crippen LogP contribution is -2.29. The second-order valence-corrected chi connectivity index (χ2v) is 14.1. The number of nitrogens with one attached hydrogen (secondary N) is 2. The third kappa shape index (κ3) is 7.34. The molecule has 0 saturated carbocycles. The van der Waals surface area contributed by atoms with Crippen molar-refractivity contribution >= 4 is 60.2 Å². The molecule has 1 amide bonds. The van der Waals surface area contributed by atoms with Crippen molar-refractivity contribution in [2.45, 2.75) is 29.7 Å². The van der Waals surface area contributed by atoms with E-state index >= 15 is 0 Å². The van der Waals surface area contributed by atoms with Crippen molar-refractivity contribution in [1.29, 1.82) is 0 Å². The minimum atomic E-state index is -4.41. The Hall–Kier alpha value is -6.31. The summed E-state index contributed by atoms with van der Waals surface area (Å²) in [5, 5.41) is 34.6. The van der Waals surface area contributed by atoms with Gasteiger partial charge in [0.2, 0.25) is 0 Å². The number of rotatable bonds is 10. The Morgan fingerprint density at radius 1 is 0.804 bits per heavy atom. The second-order valence-electron chi connectivity index (χ2n) is 11.0. The van der Waals surface area contributed by atoms with Crippen LogP contribution in [0.1, 0.15) is 12.6 Å². The number of aryl methyl sites for hydroxylation is 1. The highest BCUT2D eigenvalue weighted by atomic mass is 32.2. The largest absolute Gasteiger partial charge is 0.506 e. The molecule has 1 aromatic heterocycles. The lowest BCUT2D eigenvalue weighted by atomic mass is 10.2. The summed E-state index contributed by atoms with van der Waals surface area (Å²) < 4.78 is 61.9. The molecule has 1 aliphatic heterocycles. The fourth-order valence-electron chi connectivity index (χ4n) is 4.84. The molecule has 0 spiro atoms. The number of hydrazone groups is 1. The number of benzene rings is 4. The predicted molar refractivity (Wildman–Crippen MR) is 186 cm³/mol. The van der Waals surface area contributed by atoms with Gasteiger partial charge < -0.3 is 5.11 Å². The van der Waals surface area contributed by atoms with E-state index in [2.05, 4.69) is 35.4 Å². The first-order chi connectivity index (χ1) is 24.2. The van der Waals surface area contributed by atoms with Gasteiger partial charge in [-0.15, -0.1) is 10.2 Å². The van der Waals surface area contributed by atoms with Gasteiger partial charge in [0.15, 0.2) is 11.7 Å². The molecule has 6 rings (SSSR count). The molecule has 19 heteroatoms. The number of azo groups is 2. The SMILES string of the molecule is CC1=NN(c2ccc(S(=O)(=O)O)cc2)C(=O)C1N=Nc1ccc(NS(=O)(=O)c2ccc(O)c(N=Nc3c(C)[nH]n(-c4ccccc4)c3=O)c2)cc1. The molecule has 0 fully saturated rings. The highest BCUT2D eigenvalue weighted by Gasteiger charge is 2.35. The number of para-hydroxylation sites is 1. The number of nitrogens with zero attached hydrogens (tertiary/aromatic N) is 7. The maximum absolute atomic E-state index is 13.2. The smallest absolute Gasteiger partial charge is 0.299 e. The maximum Gasteiger partial charge on any atom is 0.299 e. The third-order valence-electron chi connectivity index (χ3n) is 7.45. The van der Waals surface area contributed by atoms with Gasteiger partial charge in [-0.2, -0.15) is 28.8 Å². The second kappa shape index (κ2) is 13.5. The summed E-state index contributed by atoms with van der Waals surface area (Å²) in [6.07, 6.45) is 0. The van der Waals surface area contributed by atoms with Gasteiger partial charge in [0.1, 0.15) is 11.4 Å². The van der Waals surface area contributed by atoms with E-state index < -0.39 is 37.6 Å². The summed E-state index contributed by atoms with van der Waals surface area (Å²) in [6, 6.07) is 21.9. The van der Waals surface area contributed by atoms with Crippen LogP contribution in [-0.2, 0) is 24.9 Å². The summed E-state index contributed by atoms with van der Waals surface area (Å²) in [6.45, 7) is 3.20. The van der Waals surface area contributed by atoms with Crippen LogP contribution >= 0.6 is 0 Å². The molecular weight excluding hydrogens is 703 g/mol. The van der Waals surface area contributed by atoms with Crippen LogP contribution in [0.15, 0.2) is 137 Å². The molecule has 17 nitrogen and oxygen atoms in total. The van der Waals surface area contributed by atoms with E-state index in [1.165, 1.54) is 47.1 Å². The molecule has 0 radical (unpaired) electrons. The molecule has 0 bridgehead atoms. The van der Waals surface area contributed by atoms with Crippen molar-refractivity contribution in [3.8, 4) is 11.4 Å². The Balaban J connectivity index is 1.13. The first kappa shape index (κ1) is 34.5. The normalized spacial score (nSPS) is 15.2. The van der Waals surface area contributed by atoms with Gasteiger partial charge in [0.05, 0.1) is 38.3 Å². The highest BCUT2D eigenvalue weighted by molar-refractivity contribution is 7.92. The van der Waals surface area contributed by atoms with E-state index in [0.29, 0.717) is 22.8 Å². The van der Waals surface area contributed by atoms with Gasteiger partial charge in [-0.3, -0.25) is 24.0 Å². The van der Waals surface area contributed by atoms with Crippen LogP contribution in [0.4, 0.5) is 28.4 Å². The number of amides is 1. The quantitative estimate of drug-likeness (QED) is 0.105. The molecule has 1 aliphatic rings. The first-order valence-corrected chi connectivity index (χ1v) is 17.8. The van der Waals surface area contributed by atoms with Crippen molar-refractivity contribution < 1.29 is 31.3 Å². The van der Waals surface area contributed by atoms with E-state index in [1.54, 1.807) is 38.1 Å². The number of aromatic hydroxyl groups is 1. The van der Waals surface area contributed by atoms with Crippen LogP contribution in [0.25, 0.3) is 5.69 Å². The summed E-state index contributed by atoms with van der Waals surface area (Å²) >= 11 is 0. The lowest BCUT2D eigenvalue weighted by molar-refractivity contribution is -0.117. The van der Waals surface area contributed by atoms with Gasteiger partial charge in [-0.25, -0.2) is 13.1 Å². The summed E-state index contributed by atoms with van der Waals surface area (Å²) in [5.41, 5.74) is 1.35. The van der Waals surface area contributed by atoms with Gasteiger partial charge in [-0.05, 0) is 92.7 Å². The fourth-order valence-corrected chi connectivity index (χ4v) is 6.40. The Kier molecular flexibility index (Phi) is 9.17. The Labute approximate surface area is 290 Å². The number of carbonyl (C=O) groups is 1. The molecule has 0 saturated heterocycles. The van der Waals surface area contributed by atoms with Crippen LogP contribution in [0.2, 0.25) is 0 Å². The topological polar surface area (TPSA) is 241 Å². The predicted octanol–water partition coefficient (Wildman–Crippen LogP) is 5.52. The van der Waals surface area contributed by atoms with Crippen molar-refractivity contribution in [2.24, 2.45) is 25.6 Å². The van der Waals surface area contributed by atoms with Crippen LogP contribution in [0.5, 0.6) is 5.75 Å². The summed E-state index contributed by atoms with van der Waals surface area (Å²) in [7, 11) is -8.59. The van der Waals surface area contributed by atoms with Crippen molar-refractivity contribution in [3.05, 3.63) is 113 Å². The zero-order chi connectivity index (χ0) is 36.5. The van der Waals surface area contributed by atoms with Gasteiger partial charge >= 0.3 is 0 Å². The average molecular weight is 730 g/mol. The number of phenolic OH excluding ortho intramolecular Hbond substituents is 1. The van der Waals surface area contributed by atoms with Crippen LogP contribution in [0, 0.1) is 6.92 Å². The number of aromatic nitrogens is 2. The van der Waals surface area contributed by atoms with Crippen molar-refractivity contribution in [1.82, 2.24) is 9.78 Å². The number of phenols is 1. The molecule has 1 atom stereocenters. The lowest BCUT2D eigenvalue weighted by Gasteiger charge is -2.12. The standard InChI is InChI=1S/C32H27N9O8S2/c1-19-29(31(43)41(38-19)24-12-14-25(15-13-24)51(47,48)49)35-33-21-8-10-22(11-9-21)39-50(45,46)26-16-17-28(42)27(18-26)34-36-30-20(2)37-40(32(30)44)23-6-4-3-5-7-23/h3-18,29,37,39,42H,1-2H3,(H,47,48,49). The molecule has 4 aromatic carbocycles. The molecule has 260 valence electrons. The highest BCUT2D eigenvalue weighted by Crippen LogP contribution is 2.32. The summed E-state index contributed by atoms with van der Waals surface area (Å²) in [4.78, 5) is 25.3. The van der Waals surface area contributed by atoms with Crippen LogP contribution in [-0.4, -0.2) is 53.9 Å². The zero-order valence-electron chi connectivity index (χ0n) is 26.6. The number of hydrogen-bond acceptors (Lipinski definition) is 12. The van der Waals surface area contributed by atoms with Gasteiger partial charge in [0, 0.05) is 5.69 Å². The molecular formula is C32H27N9O8S2. The molecule has 5 aromatic rings. The van der Waals surface area contributed by atoms with Crippen LogP contribution < -0.4 is 15.3 Å². The fraction of sp³-hybridized carbons (Fsp3) is 0.0938. The number of aromatic amines is 1. The maximum atomic E-state index is 13.2. The molecule has 4 N–H and O–H groups in total. The molecule has 1 unspecified atom stereocenters. The van der Waals surface area contributed by atoms with Crippen LogP contribution in [0.3, 0.4) is 0 Å². The van der Waals surface area contributed by atoms with Crippen molar-refractivity contribution in [3.63, 3.8) is 0 Å². The minimum Gasteiger partial charge on any atom is -0.506 e. The molecule has 2 heterocycles. The number of sulfonamides is 1. The number of anilines is 2. The zero-order valence-corrected chi connectivity index (χ0v) is 28.2. The van der Waals surface area contributed by atoms with E-state index in [-0.39, 0.29) is 38.3 Å². The Morgan fingerprint density at radius 3 is 2.14 bits per heavy atom. The van der Waals surface area contributed by atoms with E-state index in [4.69, 9.17) is 0 Å². The van der Waals surface area contributed by atoms with E-state index in [9.17, 15) is 36.1 Å². The number of hydrogen-bond donors (Lipinski definition) is 4. The minimum absolute atomic E-state index is 0.0213. The number of carbonyl (C=O) groups excluding carboxylic acids is 1. The van der Waals surface area contributed by atoms with E-state index in [1.807, 2.05) is 6.07 Å². The van der Waals surface area contributed by atoms with Crippen molar-refractivity contribution in [2.75, 3.05) is 9.73 Å². The van der Waals surface area contributed by atoms with Gasteiger partial charge in [0.25, 0.3) is 31.6 Å². The monoisotopic (exact) mass is 729 g/mol. The Morgan fingerprint density at radius 2 is 1.47 bits per heavy atom. The third-order valence-corrected chi connectivity index (χ3v) is 9.70. The molecule has 0 aliphatic carbocycles. The van der Waals surface area contributed by atoms with Gasteiger partial charge in [-0.1, -0.05) is 18.2 Å². The molecule has 51 heavy (non-hydrogen) atoms.